The highest BCUT2D eigenvalue weighted by Gasteiger charge is 2.56. The minimum absolute atomic E-state index is 0.0568. The van der Waals surface area contributed by atoms with Crippen LogP contribution in [-0.4, -0.2) is 59.3 Å². The van der Waals surface area contributed by atoms with Crippen molar-refractivity contribution >= 4 is 16.0 Å². The number of β-amino-alcohol motifs (C(OH)–C–C–N with tert-alkyl or cyclic N) is 1. The van der Waals surface area contributed by atoms with Crippen molar-refractivity contribution in [1.29, 1.82) is 0 Å². The number of hydrogen-bond acceptors (Lipinski definition) is 6. The summed E-state index contributed by atoms with van der Waals surface area (Å²) in [5.41, 5.74) is -1.03. The lowest BCUT2D eigenvalue weighted by molar-refractivity contribution is -0.0765. The summed E-state index contributed by atoms with van der Waals surface area (Å²) in [6.45, 7) is 1.90. The van der Waals surface area contributed by atoms with E-state index in [2.05, 4.69) is 10.2 Å². The van der Waals surface area contributed by atoms with Crippen molar-refractivity contribution < 1.29 is 23.1 Å². The summed E-state index contributed by atoms with van der Waals surface area (Å²) in [7, 11) is -3.88. The molecule has 0 unspecified atom stereocenters. The number of nitrogens with zero attached hydrogens (tertiary/aromatic N) is 2. The van der Waals surface area contributed by atoms with Crippen molar-refractivity contribution in [2.75, 3.05) is 19.7 Å². The Balaban J connectivity index is 1.80. The number of aromatic amines is 1. The second-order valence-corrected chi connectivity index (χ2v) is 7.36. The molecule has 116 valence electrons. The molecule has 1 aromatic rings. The van der Waals surface area contributed by atoms with Gasteiger partial charge in [-0.25, -0.2) is 13.2 Å². The number of aromatic nitrogens is 2. The Morgan fingerprint density at radius 1 is 1.57 bits per heavy atom. The van der Waals surface area contributed by atoms with Crippen LogP contribution in [0.25, 0.3) is 0 Å². The fourth-order valence-corrected chi connectivity index (χ4v) is 4.19. The van der Waals surface area contributed by atoms with Crippen LogP contribution in [0.4, 0.5) is 0 Å². The quantitative estimate of drug-likeness (QED) is 0.723. The highest BCUT2D eigenvalue weighted by atomic mass is 32.2. The van der Waals surface area contributed by atoms with Crippen LogP contribution in [0.3, 0.4) is 0 Å². The van der Waals surface area contributed by atoms with Gasteiger partial charge >= 0.3 is 5.97 Å². The van der Waals surface area contributed by atoms with E-state index >= 15 is 0 Å². The smallest absolute Gasteiger partial charge is 0.342 e. The number of nitrogens with one attached hydrogen (secondary N) is 1. The van der Waals surface area contributed by atoms with Gasteiger partial charge < -0.3 is 9.84 Å². The van der Waals surface area contributed by atoms with E-state index < -0.39 is 21.6 Å². The van der Waals surface area contributed by atoms with Gasteiger partial charge in [-0.1, -0.05) is 0 Å². The van der Waals surface area contributed by atoms with Gasteiger partial charge in [0.1, 0.15) is 5.56 Å². The first-order chi connectivity index (χ1) is 9.88. The van der Waals surface area contributed by atoms with Crippen LogP contribution in [-0.2, 0) is 14.8 Å². The molecule has 1 saturated heterocycles. The highest BCUT2D eigenvalue weighted by molar-refractivity contribution is 7.89. The molecule has 21 heavy (non-hydrogen) atoms. The number of aliphatic hydroxyl groups is 1. The molecule has 0 radical (unpaired) electrons. The number of rotatable bonds is 5. The van der Waals surface area contributed by atoms with E-state index in [9.17, 15) is 18.3 Å². The zero-order valence-electron chi connectivity index (χ0n) is 11.6. The maximum Gasteiger partial charge on any atom is 0.342 e. The number of sulfonamides is 1. The number of ether oxygens (including phenoxy) is 1. The molecule has 0 spiro atoms. The first kappa shape index (κ1) is 14.5. The van der Waals surface area contributed by atoms with Crippen LogP contribution in [0.15, 0.2) is 11.2 Å². The van der Waals surface area contributed by atoms with Crippen molar-refractivity contribution in [2.24, 2.45) is 5.92 Å². The van der Waals surface area contributed by atoms with E-state index in [-0.39, 0.29) is 36.2 Å². The lowest BCUT2D eigenvalue weighted by Crippen LogP contribution is -2.64. The summed E-state index contributed by atoms with van der Waals surface area (Å²) in [6.07, 6.45) is 3.00. The number of carbonyl (C=O) groups excluding carboxylic acids is 1. The van der Waals surface area contributed by atoms with Crippen molar-refractivity contribution in [3.63, 3.8) is 0 Å². The monoisotopic (exact) mass is 315 g/mol. The second kappa shape index (κ2) is 4.79. The summed E-state index contributed by atoms with van der Waals surface area (Å²) in [4.78, 5) is 11.7. The molecule has 1 saturated carbocycles. The molecule has 2 N–H and O–H groups in total. The average Bonchev–Trinajstić information content (AvgIpc) is 3.11. The molecule has 3 rings (SSSR count). The molecule has 2 fully saturated rings. The minimum Gasteiger partial charge on any atom is -0.462 e. The van der Waals surface area contributed by atoms with E-state index in [1.807, 2.05) is 0 Å². The molecule has 0 aromatic carbocycles. The molecule has 2 heterocycles. The highest BCUT2D eigenvalue weighted by Crippen LogP contribution is 2.45. The van der Waals surface area contributed by atoms with Gasteiger partial charge in [0.15, 0.2) is 5.03 Å². The van der Waals surface area contributed by atoms with E-state index in [0.29, 0.717) is 0 Å². The third-order valence-electron chi connectivity index (χ3n) is 3.94. The molecule has 1 aliphatic carbocycles. The maximum atomic E-state index is 12.5. The standard InChI is InChI=1S/C12H17N3O5S/c1-2-20-11(16)9-5-13-14-10(9)21(18,19)15-6-12(17,7-15)8-3-4-8/h5,8,17H,2-4,6-7H2,1H3,(H,13,14). The first-order valence-corrected chi connectivity index (χ1v) is 8.25. The predicted molar refractivity (Wildman–Crippen MR) is 71.0 cm³/mol. The van der Waals surface area contributed by atoms with Gasteiger partial charge in [0.25, 0.3) is 10.0 Å². The number of H-pyrrole nitrogens is 1. The van der Waals surface area contributed by atoms with E-state index in [1.54, 1.807) is 6.92 Å². The average molecular weight is 315 g/mol. The summed E-state index contributed by atoms with van der Waals surface area (Å²) in [5.74, 6) is -0.543. The number of hydrogen-bond donors (Lipinski definition) is 2. The van der Waals surface area contributed by atoms with Gasteiger partial charge in [0, 0.05) is 13.1 Å². The van der Waals surface area contributed by atoms with Crippen LogP contribution < -0.4 is 0 Å². The lowest BCUT2D eigenvalue weighted by Gasteiger charge is -2.45. The third-order valence-corrected chi connectivity index (χ3v) is 5.70. The molecule has 0 amide bonds. The molecule has 0 atom stereocenters. The second-order valence-electron chi connectivity index (χ2n) is 5.48. The van der Waals surface area contributed by atoms with Gasteiger partial charge in [-0.2, -0.15) is 9.40 Å². The molecule has 9 heteroatoms. The molecular formula is C12H17N3O5S. The van der Waals surface area contributed by atoms with Gasteiger partial charge in [0.05, 0.1) is 18.4 Å². The maximum absolute atomic E-state index is 12.5. The SMILES string of the molecule is CCOC(=O)c1cn[nH]c1S(=O)(=O)N1CC(O)(C2CC2)C1. The fourth-order valence-electron chi connectivity index (χ4n) is 2.57. The summed E-state index contributed by atoms with van der Waals surface area (Å²) < 4.78 is 30.9. The molecular weight excluding hydrogens is 298 g/mol. The van der Waals surface area contributed by atoms with Crippen LogP contribution in [0.5, 0.6) is 0 Å². The van der Waals surface area contributed by atoms with E-state index in [0.717, 1.165) is 23.3 Å². The summed E-state index contributed by atoms with van der Waals surface area (Å²) in [6, 6.07) is 0. The minimum atomic E-state index is -3.88. The normalized spacial score (nSPS) is 21.8. The lowest BCUT2D eigenvalue weighted by atomic mass is 9.91. The first-order valence-electron chi connectivity index (χ1n) is 6.81. The van der Waals surface area contributed by atoms with Crippen LogP contribution in [0, 0.1) is 5.92 Å². The summed E-state index contributed by atoms with van der Waals surface area (Å²) >= 11 is 0. The van der Waals surface area contributed by atoms with Crippen LogP contribution >= 0.6 is 0 Å². The predicted octanol–water partition coefficient (Wildman–Crippen LogP) is -0.268. The molecule has 0 bridgehead atoms. The molecule has 8 nitrogen and oxygen atoms in total. The van der Waals surface area contributed by atoms with E-state index in [1.165, 1.54) is 0 Å². The van der Waals surface area contributed by atoms with Crippen LogP contribution in [0.2, 0.25) is 0 Å². The van der Waals surface area contributed by atoms with Gasteiger partial charge in [-0.15, -0.1) is 0 Å². The number of esters is 1. The van der Waals surface area contributed by atoms with Crippen molar-refractivity contribution in [2.45, 2.75) is 30.4 Å². The molecule has 1 aromatic heterocycles. The Morgan fingerprint density at radius 3 is 2.81 bits per heavy atom. The molecule has 1 aliphatic heterocycles. The van der Waals surface area contributed by atoms with Gasteiger partial charge in [0.2, 0.25) is 0 Å². The Hall–Kier alpha value is -1.45. The van der Waals surface area contributed by atoms with E-state index in [4.69, 9.17) is 4.74 Å². The zero-order chi connectivity index (χ0) is 15.3. The molecule has 2 aliphatic rings. The Labute approximate surface area is 122 Å². The Morgan fingerprint density at radius 2 is 2.24 bits per heavy atom. The van der Waals surface area contributed by atoms with Gasteiger partial charge in [-0.05, 0) is 25.7 Å². The largest absolute Gasteiger partial charge is 0.462 e. The Kier molecular flexibility index (Phi) is 3.30. The Bertz CT molecular complexity index is 658. The zero-order valence-corrected chi connectivity index (χ0v) is 12.4. The van der Waals surface area contributed by atoms with Crippen molar-refractivity contribution in [1.82, 2.24) is 14.5 Å². The van der Waals surface area contributed by atoms with Crippen molar-refractivity contribution in [3.8, 4) is 0 Å². The fraction of sp³-hybridized carbons (Fsp3) is 0.667. The van der Waals surface area contributed by atoms with Gasteiger partial charge in [-0.3, -0.25) is 5.10 Å². The number of carbonyl (C=O) groups is 1. The topological polar surface area (TPSA) is 113 Å². The van der Waals surface area contributed by atoms with Crippen LogP contribution in [0.1, 0.15) is 30.1 Å². The van der Waals surface area contributed by atoms with Crippen molar-refractivity contribution in [3.05, 3.63) is 11.8 Å². The summed E-state index contributed by atoms with van der Waals surface area (Å²) in [5, 5.41) is 15.9. The third kappa shape index (κ3) is 2.34.